The lowest BCUT2D eigenvalue weighted by atomic mass is 10.1. The van der Waals surface area contributed by atoms with Crippen molar-refractivity contribution in [3.8, 4) is 0 Å². The van der Waals surface area contributed by atoms with Gasteiger partial charge in [0.1, 0.15) is 5.82 Å². The second-order valence-electron chi connectivity index (χ2n) is 4.83. The fraction of sp³-hybridized carbons (Fsp3) is 0.571. The van der Waals surface area contributed by atoms with Gasteiger partial charge in [0.2, 0.25) is 0 Å². The van der Waals surface area contributed by atoms with Crippen LogP contribution in [-0.2, 0) is 6.42 Å². The Hall–Kier alpha value is -0.250. The predicted octanol–water partition coefficient (Wildman–Crippen LogP) is 4.06. The van der Waals surface area contributed by atoms with Gasteiger partial charge in [-0.15, -0.1) is 0 Å². The van der Waals surface area contributed by atoms with Gasteiger partial charge in [-0.3, -0.25) is 0 Å². The average Bonchev–Trinajstić information content (AvgIpc) is 2.84. The van der Waals surface area contributed by atoms with E-state index in [2.05, 4.69) is 0 Å². The molecule has 0 bridgehead atoms. The number of benzene rings is 1. The van der Waals surface area contributed by atoms with Crippen molar-refractivity contribution < 1.29 is 9.50 Å². The molecule has 4 heteroatoms. The average molecular weight is 289 g/mol. The smallest absolute Gasteiger partial charge is 0.123 e. The van der Waals surface area contributed by atoms with Crippen LogP contribution in [0.2, 0.25) is 5.02 Å². The molecule has 1 atom stereocenters. The zero-order valence-electron chi connectivity index (χ0n) is 10.2. The molecule has 0 amide bonds. The fourth-order valence-corrected chi connectivity index (χ4v) is 3.79. The van der Waals surface area contributed by atoms with E-state index >= 15 is 0 Å². The molecule has 0 heterocycles. The Morgan fingerprint density at radius 3 is 2.83 bits per heavy atom. The Morgan fingerprint density at radius 2 is 2.11 bits per heavy atom. The molecule has 1 aromatic carbocycles. The van der Waals surface area contributed by atoms with Crippen LogP contribution < -0.4 is 0 Å². The molecule has 1 N–H and O–H groups in total. The first kappa shape index (κ1) is 14.2. The van der Waals surface area contributed by atoms with Crippen molar-refractivity contribution in [3.05, 3.63) is 34.6 Å². The molecular formula is C14H18ClFOS. The largest absolute Gasteiger partial charge is 0.392 e. The molecule has 0 aromatic heterocycles. The van der Waals surface area contributed by atoms with E-state index in [-0.39, 0.29) is 5.82 Å². The van der Waals surface area contributed by atoms with E-state index in [0.717, 1.165) is 0 Å². The van der Waals surface area contributed by atoms with Crippen molar-refractivity contribution in [3.63, 3.8) is 0 Å². The molecule has 2 rings (SSSR count). The van der Waals surface area contributed by atoms with E-state index in [1.54, 1.807) is 6.07 Å². The van der Waals surface area contributed by atoms with Crippen LogP contribution in [0.25, 0.3) is 0 Å². The van der Waals surface area contributed by atoms with Gasteiger partial charge in [-0.1, -0.05) is 24.4 Å². The lowest BCUT2D eigenvalue weighted by Gasteiger charge is -2.14. The molecule has 1 saturated carbocycles. The summed E-state index contributed by atoms with van der Waals surface area (Å²) in [5, 5.41) is 11.2. The van der Waals surface area contributed by atoms with Gasteiger partial charge in [0, 0.05) is 22.4 Å². The summed E-state index contributed by atoms with van der Waals surface area (Å²) in [6, 6.07) is 4.29. The summed E-state index contributed by atoms with van der Waals surface area (Å²) in [5.74, 6) is 0.405. The van der Waals surface area contributed by atoms with Crippen LogP contribution in [0.4, 0.5) is 4.39 Å². The number of hydrogen-bond acceptors (Lipinski definition) is 2. The quantitative estimate of drug-likeness (QED) is 0.882. The highest BCUT2D eigenvalue weighted by Gasteiger charge is 2.17. The molecule has 1 aromatic rings. The van der Waals surface area contributed by atoms with Crippen LogP contribution in [0, 0.1) is 5.82 Å². The maximum absolute atomic E-state index is 13.1. The summed E-state index contributed by atoms with van der Waals surface area (Å²) in [5.41, 5.74) is 0.691. The normalized spacial score (nSPS) is 18.2. The lowest BCUT2D eigenvalue weighted by Crippen LogP contribution is -2.16. The number of aliphatic hydroxyl groups is 1. The number of hydrogen-bond donors (Lipinski definition) is 1. The highest BCUT2D eigenvalue weighted by Crippen LogP contribution is 2.30. The van der Waals surface area contributed by atoms with E-state index in [0.29, 0.717) is 28.0 Å². The van der Waals surface area contributed by atoms with Crippen LogP contribution in [0.3, 0.4) is 0 Å². The third-order valence-corrected chi connectivity index (χ3v) is 5.18. The number of halogens is 2. The zero-order valence-corrected chi connectivity index (χ0v) is 11.8. The van der Waals surface area contributed by atoms with Gasteiger partial charge in [-0.05, 0) is 36.6 Å². The Kier molecular flexibility index (Phi) is 5.34. The number of aliphatic hydroxyl groups excluding tert-OH is 1. The van der Waals surface area contributed by atoms with Crippen molar-refractivity contribution in [2.24, 2.45) is 0 Å². The van der Waals surface area contributed by atoms with Crippen LogP contribution >= 0.6 is 23.4 Å². The standard InChI is InChI=1S/C14H18ClFOS/c15-14-6-5-11(16)7-10(14)8-12(17)9-18-13-3-1-2-4-13/h5-7,12-13,17H,1-4,8-9H2. The van der Waals surface area contributed by atoms with Gasteiger partial charge in [0.25, 0.3) is 0 Å². The van der Waals surface area contributed by atoms with Gasteiger partial charge in [-0.25, -0.2) is 4.39 Å². The molecule has 0 aliphatic heterocycles. The zero-order chi connectivity index (χ0) is 13.0. The van der Waals surface area contributed by atoms with Crippen molar-refractivity contribution in [1.29, 1.82) is 0 Å². The molecule has 1 nitrogen and oxygen atoms in total. The number of thioether (sulfide) groups is 1. The van der Waals surface area contributed by atoms with Crippen LogP contribution in [0.1, 0.15) is 31.2 Å². The SMILES string of the molecule is OC(CSC1CCCC1)Cc1cc(F)ccc1Cl. The fourth-order valence-electron chi connectivity index (χ4n) is 2.31. The summed E-state index contributed by atoms with van der Waals surface area (Å²) in [6.07, 6.45) is 5.12. The lowest BCUT2D eigenvalue weighted by molar-refractivity contribution is 0.200. The first-order chi connectivity index (χ1) is 8.65. The molecule has 1 fully saturated rings. The molecule has 18 heavy (non-hydrogen) atoms. The third-order valence-electron chi connectivity index (χ3n) is 3.29. The second kappa shape index (κ2) is 6.78. The van der Waals surface area contributed by atoms with E-state index in [9.17, 15) is 9.50 Å². The van der Waals surface area contributed by atoms with Gasteiger partial charge >= 0.3 is 0 Å². The third kappa shape index (κ3) is 4.15. The summed E-state index contributed by atoms with van der Waals surface area (Å²) in [4.78, 5) is 0. The Bertz CT molecular complexity index is 393. The predicted molar refractivity (Wildman–Crippen MR) is 75.8 cm³/mol. The van der Waals surface area contributed by atoms with E-state index < -0.39 is 6.10 Å². The van der Waals surface area contributed by atoms with Crippen LogP contribution in [0.15, 0.2) is 18.2 Å². The Balaban J connectivity index is 1.82. The number of rotatable bonds is 5. The van der Waals surface area contributed by atoms with E-state index in [4.69, 9.17) is 11.6 Å². The van der Waals surface area contributed by atoms with Crippen molar-refractivity contribution in [1.82, 2.24) is 0 Å². The van der Waals surface area contributed by atoms with E-state index in [1.807, 2.05) is 11.8 Å². The van der Waals surface area contributed by atoms with Crippen LogP contribution in [-0.4, -0.2) is 22.2 Å². The van der Waals surface area contributed by atoms with Crippen LogP contribution in [0.5, 0.6) is 0 Å². The first-order valence-electron chi connectivity index (χ1n) is 6.39. The molecular weight excluding hydrogens is 271 g/mol. The highest BCUT2D eigenvalue weighted by molar-refractivity contribution is 7.99. The Morgan fingerprint density at radius 1 is 1.39 bits per heavy atom. The highest BCUT2D eigenvalue weighted by atomic mass is 35.5. The van der Waals surface area contributed by atoms with Gasteiger partial charge in [0.05, 0.1) is 6.10 Å². The minimum absolute atomic E-state index is 0.301. The minimum atomic E-state index is -0.449. The van der Waals surface area contributed by atoms with E-state index in [1.165, 1.54) is 37.8 Å². The molecule has 1 aliphatic carbocycles. The minimum Gasteiger partial charge on any atom is -0.392 e. The summed E-state index contributed by atoms with van der Waals surface area (Å²) in [7, 11) is 0. The molecule has 0 spiro atoms. The molecule has 1 aliphatic rings. The van der Waals surface area contributed by atoms with Crippen molar-refractivity contribution >= 4 is 23.4 Å². The van der Waals surface area contributed by atoms with Gasteiger partial charge < -0.3 is 5.11 Å². The summed E-state index contributed by atoms with van der Waals surface area (Å²) < 4.78 is 13.1. The molecule has 0 radical (unpaired) electrons. The Labute approximate surface area is 117 Å². The molecule has 0 saturated heterocycles. The summed E-state index contributed by atoms with van der Waals surface area (Å²) >= 11 is 7.82. The monoisotopic (exact) mass is 288 g/mol. The van der Waals surface area contributed by atoms with Crippen molar-refractivity contribution in [2.45, 2.75) is 43.5 Å². The summed E-state index contributed by atoms with van der Waals surface area (Å²) in [6.45, 7) is 0. The maximum atomic E-state index is 13.1. The maximum Gasteiger partial charge on any atom is 0.123 e. The van der Waals surface area contributed by atoms with Gasteiger partial charge in [-0.2, -0.15) is 11.8 Å². The van der Waals surface area contributed by atoms with Gasteiger partial charge in [0.15, 0.2) is 0 Å². The first-order valence-corrected chi connectivity index (χ1v) is 7.81. The topological polar surface area (TPSA) is 20.2 Å². The second-order valence-corrected chi connectivity index (χ2v) is 6.57. The molecule has 100 valence electrons. The van der Waals surface area contributed by atoms with Crippen molar-refractivity contribution in [2.75, 3.05) is 5.75 Å². The molecule has 1 unspecified atom stereocenters.